The minimum atomic E-state index is -4.17. The molecule has 8 nitrogen and oxygen atoms in total. The maximum atomic E-state index is 13.6. The Kier molecular flexibility index (Phi) is 7.47. The average molecular weight is 518 g/mol. The molecule has 0 saturated heterocycles. The zero-order valence-electron chi connectivity index (χ0n) is 19.4. The topological polar surface area (TPSA) is 104 Å². The van der Waals surface area contributed by atoms with E-state index in [0.717, 1.165) is 25.7 Å². The number of fused-ring (bicyclic) bond motifs is 1. The fourth-order valence-corrected chi connectivity index (χ4v) is 6.41. The Morgan fingerprint density at radius 3 is 2.43 bits per heavy atom. The van der Waals surface area contributed by atoms with Crippen molar-refractivity contribution in [3.05, 3.63) is 64.7 Å². The summed E-state index contributed by atoms with van der Waals surface area (Å²) in [6.07, 6.45) is 4.17. The fourth-order valence-electron chi connectivity index (χ4n) is 4.70. The number of nitrogens with zero attached hydrogens (tertiary/aromatic N) is 2. The van der Waals surface area contributed by atoms with Gasteiger partial charge >= 0.3 is 0 Å². The molecule has 3 amide bonds. The molecule has 0 aromatic heterocycles. The predicted molar refractivity (Wildman–Crippen MR) is 131 cm³/mol. The van der Waals surface area contributed by atoms with Gasteiger partial charge in [-0.3, -0.25) is 14.4 Å². The average Bonchev–Trinajstić information content (AvgIpc) is 3.41. The van der Waals surface area contributed by atoms with Crippen LogP contribution in [0.4, 0.5) is 0 Å². The lowest BCUT2D eigenvalue weighted by atomic mass is 10.1. The maximum absolute atomic E-state index is 13.6. The van der Waals surface area contributed by atoms with E-state index in [1.165, 1.54) is 23.1 Å². The number of nitrogens with one attached hydrogen (secondary N) is 1. The van der Waals surface area contributed by atoms with Crippen LogP contribution in [0.15, 0.2) is 53.4 Å². The van der Waals surface area contributed by atoms with Gasteiger partial charge in [0.15, 0.2) is 0 Å². The third-order valence-electron chi connectivity index (χ3n) is 6.58. The lowest BCUT2D eigenvalue weighted by molar-refractivity contribution is -0.141. The first-order chi connectivity index (χ1) is 16.7. The number of carbonyl (C=O) groups excluding carboxylic acids is 3. The molecular formula is C25H28ClN3O5S. The van der Waals surface area contributed by atoms with Gasteiger partial charge in [-0.25, -0.2) is 12.7 Å². The highest BCUT2D eigenvalue weighted by atomic mass is 35.5. The van der Waals surface area contributed by atoms with E-state index in [1.807, 2.05) is 0 Å². The predicted octanol–water partition coefficient (Wildman–Crippen LogP) is 3.35. The summed E-state index contributed by atoms with van der Waals surface area (Å²) in [5.74, 6) is -1.70. The van der Waals surface area contributed by atoms with Crippen molar-refractivity contribution in [3.63, 3.8) is 0 Å². The second-order valence-electron chi connectivity index (χ2n) is 8.84. The Hall–Kier alpha value is -2.91. The summed E-state index contributed by atoms with van der Waals surface area (Å²) in [5, 5.41) is 3.46. The summed E-state index contributed by atoms with van der Waals surface area (Å²) in [7, 11) is -4.17. The summed E-state index contributed by atoms with van der Waals surface area (Å²) >= 11 is 6.34. The summed E-state index contributed by atoms with van der Waals surface area (Å²) in [6.45, 7) is 1.09. The van der Waals surface area contributed by atoms with E-state index in [2.05, 4.69) is 5.32 Å². The van der Waals surface area contributed by atoms with Crippen LogP contribution in [0.2, 0.25) is 5.02 Å². The van der Waals surface area contributed by atoms with Gasteiger partial charge in [0, 0.05) is 17.6 Å². The van der Waals surface area contributed by atoms with Crippen molar-refractivity contribution in [2.24, 2.45) is 0 Å². The minimum absolute atomic E-state index is 0.00409. The molecule has 2 aromatic carbocycles. The molecule has 35 heavy (non-hydrogen) atoms. The summed E-state index contributed by atoms with van der Waals surface area (Å²) in [6, 6.07) is 12.0. The molecule has 0 spiro atoms. The van der Waals surface area contributed by atoms with Gasteiger partial charge in [0.1, 0.15) is 17.5 Å². The number of hydrogen-bond donors (Lipinski definition) is 1. The standard InChI is InChI=1S/C25H28ClN3O5S/c1-2-21(24(31)27-18-10-4-5-11-18)28(15-17-9-3-7-13-20(17)26)23(30)16-29-25(32)19-12-6-8-14-22(19)35(29,33)34/h3,6-9,12-14,18,21H,2,4-5,10-11,15-16H2,1H3,(H,27,31)/t21-/m1/s1. The highest BCUT2D eigenvalue weighted by Crippen LogP contribution is 2.30. The van der Waals surface area contributed by atoms with Crippen LogP contribution in [0, 0.1) is 0 Å². The third kappa shape index (κ3) is 5.06. The van der Waals surface area contributed by atoms with Crippen LogP contribution in [0.5, 0.6) is 0 Å². The maximum Gasteiger partial charge on any atom is 0.269 e. The zero-order chi connectivity index (χ0) is 25.2. The number of rotatable bonds is 8. The van der Waals surface area contributed by atoms with E-state index in [-0.39, 0.29) is 29.0 Å². The lowest BCUT2D eigenvalue weighted by Crippen LogP contribution is -2.53. The molecule has 2 aromatic rings. The molecule has 1 N–H and O–H groups in total. The summed E-state index contributed by atoms with van der Waals surface area (Å²) in [4.78, 5) is 40.9. The number of halogens is 1. The molecule has 0 unspecified atom stereocenters. The van der Waals surface area contributed by atoms with Crippen LogP contribution < -0.4 is 5.32 Å². The van der Waals surface area contributed by atoms with Crippen molar-refractivity contribution in [2.75, 3.05) is 6.54 Å². The van der Waals surface area contributed by atoms with E-state index in [4.69, 9.17) is 11.6 Å². The Morgan fingerprint density at radius 1 is 1.11 bits per heavy atom. The molecule has 4 rings (SSSR count). The van der Waals surface area contributed by atoms with Gasteiger partial charge < -0.3 is 10.2 Å². The molecule has 1 aliphatic carbocycles. The first-order valence-electron chi connectivity index (χ1n) is 11.7. The minimum Gasteiger partial charge on any atom is -0.352 e. The zero-order valence-corrected chi connectivity index (χ0v) is 21.0. The fraction of sp³-hybridized carbons (Fsp3) is 0.400. The van der Waals surface area contributed by atoms with E-state index >= 15 is 0 Å². The molecule has 0 radical (unpaired) electrons. The van der Waals surface area contributed by atoms with Crippen LogP contribution in [0.3, 0.4) is 0 Å². The molecule has 1 atom stereocenters. The smallest absolute Gasteiger partial charge is 0.269 e. The SMILES string of the molecule is CC[C@H](C(=O)NC1CCCC1)N(Cc1ccccc1Cl)C(=O)CN1C(=O)c2ccccc2S1(=O)=O. The Labute approximate surface area is 210 Å². The van der Waals surface area contributed by atoms with Crippen molar-refractivity contribution in [1.82, 2.24) is 14.5 Å². The first-order valence-corrected chi connectivity index (χ1v) is 13.5. The van der Waals surface area contributed by atoms with Crippen LogP contribution in [-0.2, 0) is 26.2 Å². The number of sulfonamides is 1. The molecule has 2 aliphatic rings. The van der Waals surface area contributed by atoms with Crippen LogP contribution >= 0.6 is 11.6 Å². The van der Waals surface area contributed by atoms with E-state index in [1.54, 1.807) is 37.3 Å². The van der Waals surface area contributed by atoms with Gasteiger partial charge in [-0.05, 0) is 43.0 Å². The molecule has 186 valence electrons. The van der Waals surface area contributed by atoms with Gasteiger partial charge in [-0.1, -0.05) is 61.7 Å². The van der Waals surface area contributed by atoms with Crippen molar-refractivity contribution in [1.29, 1.82) is 0 Å². The van der Waals surface area contributed by atoms with Crippen LogP contribution in [-0.4, -0.2) is 54.0 Å². The molecule has 1 saturated carbocycles. The van der Waals surface area contributed by atoms with Crippen LogP contribution in [0.1, 0.15) is 54.9 Å². The number of carbonyl (C=O) groups is 3. The van der Waals surface area contributed by atoms with Crippen molar-refractivity contribution >= 4 is 39.3 Å². The Morgan fingerprint density at radius 2 is 1.77 bits per heavy atom. The van der Waals surface area contributed by atoms with Gasteiger partial charge in [-0.15, -0.1) is 0 Å². The van der Waals surface area contributed by atoms with E-state index in [0.29, 0.717) is 21.3 Å². The Balaban J connectivity index is 1.62. The van der Waals surface area contributed by atoms with E-state index in [9.17, 15) is 22.8 Å². The monoisotopic (exact) mass is 517 g/mol. The van der Waals surface area contributed by atoms with Gasteiger partial charge in [0.05, 0.1) is 5.56 Å². The number of hydrogen-bond acceptors (Lipinski definition) is 5. The highest BCUT2D eigenvalue weighted by molar-refractivity contribution is 7.90. The highest BCUT2D eigenvalue weighted by Gasteiger charge is 2.43. The van der Waals surface area contributed by atoms with E-state index < -0.39 is 34.4 Å². The normalized spacial score (nSPS) is 17.8. The number of benzene rings is 2. The molecule has 0 bridgehead atoms. The lowest BCUT2D eigenvalue weighted by Gasteiger charge is -2.32. The molecule has 1 aliphatic heterocycles. The van der Waals surface area contributed by atoms with Crippen molar-refractivity contribution in [2.45, 2.75) is 62.6 Å². The third-order valence-corrected chi connectivity index (χ3v) is 8.73. The first kappa shape index (κ1) is 25.2. The van der Waals surface area contributed by atoms with Gasteiger partial charge in [0.25, 0.3) is 15.9 Å². The largest absolute Gasteiger partial charge is 0.352 e. The molecular weight excluding hydrogens is 490 g/mol. The van der Waals surface area contributed by atoms with Crippen LogP contribution in [0.25, 0.3) is 0 Å². The summed E-state index contributed by atoms with van der Waals surface area (Å²) < 4.78 is 26.6. The van der Waals surface area contributed by atoms with Gasteiger partial charge in [0.2, 0.25) is 11.8 Å². The summed E-state index contributed by atoms with van der Waals surface area (Å²) in [5.41, 5.74) is 0.650. The van der Waals surface area contributed by atoms with Crippen molar-refractivity contribution in [3.8, 4) is 0 Å². The Bertz CT molecular complexity index is 1240. The number of amides is 3. The molecule has 1 heterocycles. The second-order valence-corrected chi connectivity index (χ2v) is 11.1. The molecule has 10 heteroatoms. The van der Waals surface area contributed by atoms with Crippen molar-refractivity contribution < 1.29 is 22.8 Å². The second kappa shape index (κ2) is 10.4. The quantitative estimate of drug-likeness (QED) is 0.578. The molecule has 1 fully saturated rings. The van der Waals surface area contributed by atoms with Gasteiger partial charge in [-0.2, -0.15) is 0 Å².